The minimum Gasteiger partial charge on any atom is -0.258 e. The van der Waals surface area contributed by atoms with Crippen LogP contribution in [0.15, 0.2) is 56.9 Å². The number of allylic oxidation sites excluding steroid dienone is 9. The summed E-state index contributed by atoms with van der Waals surface area (Å²) in [5.41, 5.74) is 2.09. The predicted molar refractivity (Wildman–Crippen MR) is 67.1 cm³/mol. The van der Waals surface area contributed by atoms with Crippen LogP contribution in [0.3, 0.4) is 0 Å². The van der Waals surface area contributed by atoms with Gasteiger partial charge in [-0.3, -0.25) is 10.1 Å². The van der Waals surface area contributed by atoms with E-state index in [-0.39, 0.29) is 10.6 Å². The SMILES string of the molecule is O=[N+]([O-])C1=CC=CC2=C(I)C=CC=C1C2. The standard InChI is InChI=1S/C11H8INO2/c12-10-5-1-4-9-7-8(10)3-2-6-11(9)13(14)15/h1-6H,7H2. The highest BCUT2D eigenvalue weighted by Gasteiger charge is 2.20. The fourth-order valence-electron chi connectivity index (χ4n) is 1.56. The van der Waals surface area contributed by atoms with Gasteiger partial charge >= 0.3 is 0 Å². The smallest absolute Gasteiger partial charge is 0.258 e. The van der Waals surface area contributed by atoms with Gasteiger partial charge in [-0.15, -0.1) is 0 Å². The Balaban J connectivity index is 2.51. The lowest BCUT2D eigenvalue weighted by Gasteiger charge is -2.02. The van der Waals surface area contributed by atoms with E-state index in [4.69, 9.17) is 0 Å². The maximum absolute atomic E-state index is 10.8. The Morgan fingerprint density at radius 2 is 2.00 bits per heavy atom. The number of nitrogens with zero attached hydrogens (tertiary/aromatic N) is 1. The molecule has 0 spiro atoms. The Labute approximate surface area is 101 Å². The van der Waals surface area contributed by atoms with Gasteiger partial charge in [0.2, 0.25) is 0 Å². The van der Waals surface area contributed by atoms with Crippen molar-refractivity contribution in [2.24, 2.45) is 0 Å². The molecule has 0 radical (unpaired) electrons. The molecule has 0 aromatic rings. The van der Waals surface area contributed by atoms with E-state index < -0.39 is 0 Å². The molecule has 0 aromatic carbocycles. The molecule has 2 bridgehead atoms. The van der Waals surface area contributed by atoms with Gasteiger partial charge in [-0.25, -0.2) is 0 Å². The molecule has 15 heavy (non-hydrogen) atoms. The van der Waals surface area contributed by atoms with Crippen LogP contribution in [0.1, 0.15) is 6.42 Å². The molecule has 0 aliphatic heterocycles. The minimum atomic E-state index is -0.328. The second kappa shape index (κ2) is 4.14. The van der Waals surface area contributed by atoms with E-state index in [0.29, 0.717) is 6.42 Å². The Morgan fingerprint density at radius 1 is 1.27 bits per heavy atom. The van der Waals surface area contributed by atoms with Gasteiger partial charge in [-0.1, -0.05) is 24.3 Å². The summed E-state index contributed by atoms with van der Waals surface area (Å²) >= 11 is 2.24. The summed E-state index contributed by atoms with van der Waals surface area (Å²) in [6.07, 6.45) is 11.5. The van der Waals surface area contributed by atoms with Gasteiger partial charge in [0.15, 0.2) is 0 Å². The van der Waals surface area contributed by atoms with Crippen molar-refractivity contribution in [2.45, 2.75) is 6.42 Å². The molecule has 0 saturated carbocycles. The van der Waals surface area contributed by atoms with Gasteiger partial charge in [0.05, 0.1) is 4.92 Å². The van der Waals surface area contributed by atoms with E-state index in [1.807, 2.05) is 24.3 Å². The van der Waals surface area contributed by atoms with Crippen molar-refractivity contribution in [1.82, 2.24) is 0 Å². The minimum absolute atomic E-state index is 0.192. The third-order valence-corrected chi connectivity index (χ3v) is 3.36. The van der Waals surface area contributed by atoms with Gasteiger partial charge in [0.25, 0.3) is 5.70 Å². The van der Waals surface area contributed by atoms with Crippen LogP contribution in [0.25, 0.3) is 0 Å². The molecule has 0 atom stereocenters. The third-order valence-electron chi connectivity index (χ3n) is 2.30. The number of hydrogen-bond acceptors (Lipinski definition) is 2. The van der Waals surface area contributed by atoms with Crippen molar-refractivity contribution >= 4 is 22.6 Å². The highest BCUT2D eigenvalue weighted by molar-refractivity contribution is 14.1. The highest BCUT2D eigenvalue weighted by atomic mass is 127. The van der Waals surface area contributed by atoms with Crippen LogP contribution in [0.5, 0.6) is 0 Å². The van der Waals surface area contributed by atoms with Crippen molar-refractivity contribution in [3.05, 3.63) is 67.0 Å². The van der Waals surface area contributed by atoms with E-state index in [9.17, 15) is 10.1 Å². The quantitative estimate of drug-likeness (QED) is 0.423. The molecular formula is C11H8INO2. The summed E-state index contributed by atoms with van der Waals surface area (Å²) in [6, 6.07) is 0. The molecule has 0 fully saturated rings. The predicted octanol–water partition coefficient (Wildman–Crippen LogP) is 3.29. The van der Waals surface area contributed by atoms with Gasteiger partial charge < -0.3 is 0 Å². The summed E-state index contributed by atoms with van der Waals surface area (Å²) in [6.45, 7) is 0. The second-order valence-corrected chi connectivity index (χ2v) is 4.43. The average Bonchev–Trinajstić information content (AvgIpc) is 2.49. The first kappa shape index (κ1) is 10.4. The molecule has 0 unspecified atom stereocenters. The van der Waals surface area contributed by atoms with Gasteiger partial charge in [-0.2, -0.15) is 0 Å². The van der Waals surface area contributed by atoms with Crippen LogP contribution in [-0.2, 0) is 0 Å². The van der Waals surface area contributed by atoms with Crippen LogP contribution in [0, 0.1) is 10.1 Å². The fourth-order valence-corrected chi connectivity index (χ4v) is 2.14. The zero-order valence-electron chi connectivity index (χ0n) is 7.81. The molecule has 3 nitrogen and oxygen atoms in total. The monoisotopic (exact) mass is 313 g/mol. The Hall–Kier alpha value is -1.17. The van der Waals surface area contributed by atoms with Crippen LogP contribution in [-0.4, -0.2) is 4.92 Å². The molecule has 2 aliphatic rings. The summed E-state index contributed by atoms with van der Waals surface area (Å²) < 4.78 is 1.13. The van der Waals surface area contributed by atoms with E-state index in [1.165, 1.54) is 0 Å². The molecule has 2 rings (SSSR count). The molecule has 0 aromatic heterocycles. The lowest BCUT2D eigenvalue weighted by molar-refractivity contribution is -0.420. The molecule has 0 heterocycles. The lowest BCUT2D eigenvalue weighted by Crippen LogP contribution is -2.01. The largest absolute Gasteiger partial charge is 0.272 e. The highest BCUT2D eigenvalue weighted by Crippen LogP contribution is 2.30. The van der Waals surface area contributed by atoms with Crippen molar-refractivity contribution < 1.29 is 4.92 Å². The van der Waals surface area contributed by atoms with Crippen LogP contribution < -0.4 is 0 Å². The second-order valence-electron chi connectivity index (χ2n) is 3.27. The van der Waals surface area contributed by atoms with Crippen molar-refractivity contribution in [1.29, 1.82) is 0 Å². The summed E-state index contributed by atoms with van der Waals surface area (Å²) in [4.78, 5) is 10.5. The van der Waals surface area contributed by atoms with Crippen molar-refractivity contribution in [3.8, 4) is 0 Å². The number of rotatable bonds is 1. The van der Waals surface area contributed by atoms with E-state index >= 15 is 0 Å². The Morgan fingerprint density at radius 3 is 2.73 bits per heavy atom. The Bertz CT molecular complexity index is 467. The van der Waals surface area contributed by atoms with Crippen molar-refractivity contribution in [3.63, 3.8) is 0 Å². The van der Waals surface area contributed by atoms with Gasteiger partial charge in [0.1, 0.15) is 0 Å². The number of hydrogen-bond donors (Lipinski definition) is 0. The van der Waals surface area contributed by atoms with Crippen LogP contribution in [0.2, 0.25) is 0 Å². The van der Waals surface area contributed by atoms with Crippen LogP contribution in [0.4, 0.5) is 0 Å². The molecule has 4 heteroatoms. The summed E-state index contributed by atoms with van der Waals surface area (Å²) in [5.74, 6) is 0. The number of fused-ring (bicyclic) bond motifs is 2. The van der Waals surface area contributed by atoms with Gasteiger partial charge in [0, 0.05) is 21.6 Å². The van der Waals surface area contributed by atoms with E-state index in [2.05, 4.69) is 22.6 Å². The zero-order valence-corrected chi connectivity index (χ0v) is 9.97. The molecule has 0 N–H and O–H groups in total. The summed E-state index contributed by atoms with van der Waals surface area (Å²) in [5, 5.41) is 10.8. The zero-order chi connectivity index (χ0) is 10.8. The molecule has 76 valence electrons. The first-order valence-electron chi connectivity index (χ1n) is 4.47. The maximum Gasteiger partial charge on any atom is 0.272 e. The maximum atomic E-state index is 10.8. The lowest BCUT2D eigenvalue weighted by atomic mass is 10.1. The average molecular weight is 313 g/mol. The van der Waals surface area contributed by atoms with Gasteiger partial charge in [-0.05, 0) is 34.2 Å². The Kier molecular flexibility index (Phi) is 2.86. The molecular weight excluding hydrogens is 305 g/mol. The first-order valence-corrected chi connectivity index (χ1v) is 5.55. The third kappa shape index (κ3) is 2.09. The normalized spacial score (nSPS) is 19.3. The summed E-state index contributed by atoms with van der Waals surface area (Å²) in [7, 11) is 0. The molecule has 0 saturated heterocycles. The van der Waals surface area contributed by atoms with E-state index in [1.54, 1.807) is 12.2 Å². The van der Waals surface area contributed by atoms with Crippen molar-refractivity contribution in [2.75, 3.05) is 0 Å². The first-order chi connectivity index (χ1) is 7.18. The van der Waals surface area contributed by atoms with Crippen LogP contribution >= 0.6 is 22.6 Å². The fraction of sp³-hybridized carbons (Fsp3) is 0.0909. The van der Waals surface area contributed by atoms with E-state index in [0.717, 1.165) is 14.7 Å². The number of nitro groups is 1. The molecule has 2 aliphatic carbocycles. The topological polar surface area (TPSA) is 43.1 Å². The molecule has 0 amide bonds. The number of halogens is 1.